The van der Waals surface area contributed by atoms with E-state index < -0.39 is 17.9 Å². The zero-order valence-electron chi connectivity index (χ0n) is 9.75. The van der Waals surface area contributed by atoms with Gasteiger partial charge in [-0.05, 0) is 31.2 Å². The van der Waals surface area contributed by atoms with Gasteiger partial charge in [-0.1, -0.05) is 6.07 Å². The number of carbonyl (C=O) groups is 2. The molecule has 0 fully saturated rings. The van der Waals surface area contributed by atoms with Crippen LogP contribution >= 0.6 is 0 Å². The van der Waals surface area contributed by atoms with Crippen molar-refractivity contribution in [3.05, 3.63) is 42.1 Å². The van der Waals surface area contributed by atoms with Crippen LogP contribution in [0.1, 0.15) is 17.3 Å². The summed E-state index contributed by atoms with van der Waals surface area (Å²) >= 11 is 0. The number of rotatable bonds is 3. The Morgan fingerprint density at radius 1 is 1.33 bits per heavy atom. The number of nitrogens with one attached hydrogen (secondary N) is 1. The van der Waals surface area contributed by atoms with Crippen LogP contribution in [0.15, 0.2) is 36.5 Å². The summed E-state index contributed by atoms with van der Waals surface area (Å²) in [5.41, 5.74) is 1.21. The Balaban J connectivity index is 2.25. The second kappa shape index (κ2) is 4.83. The molecule has 1 aromatic heterocycles. The van der Waals surface area contributed by atoms with Crippen LogP contribution in [-0.4, -0.2) is 28.0 Å². The summed E-state index contributed by atoms with van der Waals surface area (Å²) in [4.78, 5) is 26.6. The van der Waals surface area contributed by atoms with E-state index >= 15 is 0 Å². The number of aromatic nitrogens is 1. The molecule has 92 valence electrons. The van der Waals surface area contributed by atoms with Crippen LogP contribution in [0, 0.1) is 0 Å². The molecule has 2 aromatic rings. The number of aliphatic carboxylic acids is 1. The van der Waals surface area contributed by atoms with Crippen molar-refractivity contribution < 1.29 is 14.7 Å². The van der Waals surface area contributed by atoms with E-state index in [0.29, 0.717) is 5.56 Å². The minimum absolute atomic E-state index is 0.407. The van der Waals surface area contributed by atoms with E-state index in [1.807, 2.05) is 6.07 Å². The molecule has 2 rings (SSSR count). The fraction of sp³-hybridized carbons (Fsp3) is 0.154. The smallest absolute Gasteiger partial charge is 0.325 e. The summed E-state index contributed by atoms with van der Waals surface area (Å²) in [6.07, 6.45) is 1.68. The number of benzene rings is 1. The number of carboxylic acid groups (broad SMARTS) is 1. The van der Waals surface area contributed by atoms with Crippen LogP contribution in [0.3, 0.4) is 0 Å². The Kier molecular flexibility index (Phi) is 3.23. The van der Waals surface area contributed by atoms with Crippen LogP contribution in [0.25, 0.3) is 10.9 Å². The standard InChI is InChI=1S/C13H12N2O3/c1-8(13(17)18)15-12(16)10-4-5-11-9(7-10)3-2-6-14-11/h2-8H,1H3,(H,15,16)(H,17,18)/t8-/m0/s1. The van der Waals surface area contributed by atoms with Crippen molar-refractivity contribution >= 4 is 22.8 Å². The number of hydrogen-bond donors (Lipinski definition) is 2. The predicted octanol–water partition coefficient (Wildman–Crippen LogP) is 1.44. The van der Waals surface area contributed by atoms with Crippen molar-refractivity contribution in [2.45, 2.75) is 13.0 Å². The lowest BCUT2D eigenvalue weighted by molar-refractivity contribution is -0.138. The summed E-state index contributed by atoms with van der Waals surface area (Å²) in [5, 5.41) is 12.0. The van der Waals surface area contributed by atoms with Gasteiger partial charge in [0.1, 0.15) is 6.04 Å². The van der Waals surface area contributed by atoms with Crippen molar-refractivity contribution in [1.29, 1.82) is 0 Å². The highest BCUT2D eigenvalue weighted by atomic mass is 16.4. The number of carboxylic acids is 1. The molecule has 0 aliphatic heterocycles. The molecule has 0 aliphatic carbocycles. The normalized spacial score (nSPS) is 12.1. The molecule has 18 heavy (non-hydrogen) atoms. The number of fused-ring (bicyclic) bond motifs is 1. The quantitative estimate of drug-likeness (QED) is 0.856. The number of carbonyl (C=O) groups excluding carboxylic acids is 1. The van der Waals surface area contributed by atoms with Crippen molar-refractivity contribution in [2.24, 2.45) is 0 Å². The summed E-state index contributed by atoms with van der Waals surface area (Å²) in [5.74, 6) is -1.47. The first kappa shape index (κ1) is 12.0. The molecular weight excluding hydrogens is 232 g/mol. The molecule has 2 N–H and O–H groups in total. The van der Waals surface area contributed by atoms with Gasteiger partial charge in [0.2, 0.25) is 0 Å². The molecule has 0 saturated heterocycles. The lowest BCUT2D eigenvalue weighted by atomic mass is 10.1. The van der Waals surface area contributed by atoms with Crippen LogP contribution in [0.4, 0.5) is 0 Å². The lowest BCUT2D eigenvalue weighted by Gasteiger charge is -2.09. The molecule has 5 heteroatoms. The third kappa shape index (κ3) is 2.45. The molecule has 1 amide bonds. The number of amides is 1. The van der Waals surface area contributed by atoms with Crippen LogP contribution < -0.4 is 5.32 Å². The lowest BCUT2D eigenvalue weighted by Crippen LogP contribution is -2.38. The second-order valence-electron chi connectivity index (χ2n) is 3.94. The van der Waals surface area contributed by atoms with Gasteiger partial charge in [-0.25, -0.2) is 0 Å². The molecule has 1 aromatic carbocycles. The Labute approximate surface area is 103 Å². The summed E-state index contributed by atoms with van der Waals surface area (Å²) < 4.78 is 0. The van der Waals surface area contributed by atoms with Crippen LogP contribution in [0.5, 0.6) is 0 Å². The Morgan fingerprint density at radius 3 is 2.83 bits per heavy atom. The zero-order valence-corrected chi connectivity index (χ0v) is 9.75. The summed E-state index contributed by atoms with van der Waals surface area (Å²) in [7, 11) is 0. The number of hydrogen-bond acceptors (Lipinski definition) is 3. The molecule has 0 spiro atoms. The molecular formula is C13H12N2O3. The maximum absolute atomic E-state index is 11.8. The Morgan fingerprint density at radius 2 is 2.11 bits per heavy atom. The van der Waals surface area contributed by atoms with Crippen molar-refractivity contribution in [2.75, 3.05) is 0 Å². The highest BCUT2D eigenvalue weighted by Gasteiger charge is 2.15. The van der Waals surface area contributed by atoms with Gasteiger partial charge in [0.25, 0.3) is 5.91 Å². The summed E-state index contributed by atoms with van der Waals surface area (Å²) in [6, 6.07) is 7.76. The van der Waals surface area contributed by atoms with Gasteiger partial charge in [-0.3, -0.25) is 14.6 Å². The first-order valence-electron chi connectivity index (χ1n) is 5.46. The molecule has 0 bridgehead atoms. The second-order valence-corrected chi connectivity index (χ2v) is 3.94. The maximum Gasteiger partial charge on any atom is 0.325 e. The van der Waals surface area contributed by atoms with E-state index in [0.717, 1.165) is 10.9 Å². The average molecular weight is 244 g/mol. The van der Waals surface area contributed by atoms with E-state index in [4.69, 9.17) is 5.11 Å². The Hall–Kier alpha value is -2.43. The van der Waals surface area contributed by atoms with E-state index in [-0.39, 0.29) is 0 Å². The van der Waals surface area contributed by atoms with Gasteiger partial charge in [-0.15, -0.1) is 0 Å². The molecule has 0 saturated carbocycles. The van der Waals surface area contributed by atoms with Crippen LogP contribution in [0.2, 0.25) is 0 Å². The van der Waals surface area contributed by atoms with Crippen molar-refractivity contribution in [1.82, 2.24) is 10.3 Å². The van der Waals surface area contributed by atoms with Crippen LogP contribution in [-0.2, 0) is 4.79 Å². The predicted molar refractivity (Wildman–Crippen MR) is 66.3 cm³/mol. The third-order valence-electron chi connectivity index (χ3n) is 2.58. The largest absolute Gasteiger partial charge is 0.480 e. The van der Waals surface area contributed by atoms with E-state index in [9.17, 15) is 9.59 Å². The zero-order chi connectivity index (χ0) is 13.1. The number of pyridine rings is 1. The van der Waals surface area contributed by atoms with Gasteiger partial charge in [0.15, 0.2) is 0 Å². The maximum atomic E-state index is 11.8. The van der Waals surface area contributed by atoms with E-state index in [1.54, 1.807) is 30.5 Å². The fourth-order valence-corrected chi connectivity index (χ4v) is 1.56. The van der Waals surface area contributed by atoms with Gasteiger partial charge < -0.3 is 10.4 Å². The molecule has 0 radical (unpaired) electrons. The first-order valence-corrected chi connectivity index (χ1v) is 5.46. The Bertz CT molecular complexity index is 610. The van der Waals surface area contributed by atoms with Crippen molar-refractivity contribution in [3.63, 3.8) is 0 Å². The minimum atomic E-state index is -1.06. The average Bonchev–Trinajstić information content (AvgIpc) is 2.37. The highest BCUT2D eigenvalue weighted by molar-refractivity contribution is 5.99. The topological polar surface area (TPSA) is 79.3 Å². The molecule has 1 heterocycles. The highest BCUT2D eigenvalue weighted by Crippen LogP contribution is 2.13. The van der Waals surface area contributed by atoms with Gasteiger partial charge in [0, 0.05) is 17.1 Å². The summed E-state index contributed by atoms with van der Waals surface area (Å²) in [6.45, 7) is 1.42. The minimum Gasteiger partial charge on any atom is -0.480 e. The molecule has 1 atom stereocenters. The third-order valence-corrected chi connectivity index (χ3v) is 2.58. The molecule has 5 nitrogen and oxygen atoms in total. The van der Waals surface area contributed by atoms with E-state index in [2.05, 4.69) is 10.3 Å². The molecule has 0 aliphatic rings. The fourth-order valence-electron chi connectivity index (χ4n) is 1.56. The first-order chi connectivity index (χ1) is 8.58. The van der Waals surface area contributed by atoms with Gasteiger partial charge in [-0.2, -0.15) is 0 Å². The number of nitrogens with zero attached hydrogens (tertiary/aromatic N) is 1. The van der Waals surface area contributed by atoms with E-state index in [1.165, 1.54) is 6.92 Å². The van der Waals surface area contributed by atoms with Gasteiger partial charge in [0.05, 0.1) is 5.52 Å². The molecule has 0 unspecified atom stereocenters. The van der Waals surface area contributed by atoms with Crippen molar-refractivity contribution in [3.8, 4) is 0 Å². The van der Waals surface area contributed by atoms with Gasteiger partial charge >= 0.3 is 5.97 Å². The SMILES string of the molecule is C[C@H](NC(=O)c1ccc2ncccc2c1)C(=O)O. The monoisotopic (exact) mass is 244 g/mol.